The first kappa shape index (κ1) is 14.8. The van der Waals surface area contributed by atoms with Crippen LogP contribution in [-0.2, 0) is 4.79 Å². The van der Waals surface area contributed by atoms with Gasteiger partial charge in [0.1, 0.15) is 5.60 Å². The van der Waals surface area contributed by atoms with Crippen LogP contribution in [0, 0.1) is 0 Å². The maximum absolute atomic E-state index is 11.5. The monoisotopic (exact) mass is 233 g/mol. The van der Waals surface area contributed by atoms with Crippen LogP contribution in [0.15, 0.2) is 0 Å². The van der Waals surface area contributed by atoms with Crippen LogP contribution in [0.4, 0.5) is 0 Å². The summed E-state index contributed by atoms with van der Waals surface area (Å²) in [7, 11) is 0. The Morgan fingerprint density at radius 3 is 2.07 bits per heavy atom. The molecule has 0 rings (SSSR count). The Morgan fingerprint density at radius 2 is 1.80 bits per heavy atom. The number of rotatable bonds is 6. The lowest BCUT2D eigenvalue weighted by molar-refractivity contribution is -0.136. The lowest BCUT2D eigenvalue weighted by Crippen LogP contribution is -2.47. The summed E-state index contributed by atoms with van der Waals surface area (Å²) in [5.41, 5.74) is -1.29. The smallest absolute Gasteiger partial charge is 0.251 e. The number of thioether (sulfide) groups is 1. The van der Waals surface area contributed by atoms with Gasteiger partial charge in [-0.15, -0.1) is 0 Å². The standard InChI is InChI=1S/C11H23NO2S/c1-6-11(7-2,15-5)8-12-9(13)10(3,4)14/h14H,6-8H2,1-5H3,(H,12,13). The van der Waals surface area contributed by atoms with Gasteiger partial charge < -0.3 is 10.4 Å². The van der Waals surface area contributed by atoms with Gasteiger partial charge in [-0.25, -0.2) is 0 Å². The Kier molecular flexibility index (Phi) is 5.67. The Hall–Kier alpha value is -0.220. The molecule has 1 amide bonds. The highest BCUT2D eigenvalue weighted by molar-refractivity contribution is 8.00. The predicted molar refractivity (Wildman–Crippen MR) is 66.1 cm³/mol. The summed E-state index contributed by atoms with van der Waals surface area (Å²) >= 11 is 1.77. The van der Waals surface area contributed by atoms with E-state index in [0.717, 1.165) is 12.8 Å². The van der Waals surface area contributed by atoms with E-state index in [9.17, 15) is 9.90 Å². The lowest BCUT2D eigenvalue weighted by atomic mass is 10.0. The average molecular weight is 233 g/mol. The lowest BCUT2D eigenvalue weighted by Gasteiger charge is -2.31. The van der Waals surface area contributed by atoms with Crippen LogP contribution < -0.4 is 5.32 Å². The van der Waals surface area contributed by atoms with E-state index in [2.05, 4.69) is 25.4 Å². The van der Waals surface area contributed by atoms with Crippen LogP contribution in [0.3, 0.4) is 0 Å². The van der Waals surface area contributed by atoms with Crippen LogP contribution >= 0.6 is 11.8 Å². The molecule has 0 atom stereocenters. The predicted octanol–water partition coefficient (Wildman–Crippen LogP) is 1.80. The van der Waals surface area contributed by atoms with Crippen LogP contribution in [0.5, 0.6) is 0 Å². The van der Waals surface area contributed by atoms with Gasteiger partial charge in [0, 0.05) is 11.3 Å². The van der Waals surface area contributed by atoms with Crippen molar-refractivity contribution in [3.8, 4) is 0 Å². The van der Waals surface area contributed by atoms with Crippen LogP contribution in [0.1, 0.15) is 40.5 Å². The second-order valence-corrected chi connectivity index (χ2v) is 5.61. The Labute approximate surface area is 97.0 Å². The van der Waals surface area contributed by atoms with E-state index in [0.29, 0.717) is 6.54 Å². The zero-order valence-electron chi connectivity index (χ0n) is 10.4. The van der Waals surface area contributed by atoms with Crippen molar-refractivity contribution >= 4 is 17.7 Å². The number of hydrogen-bond donors (Lipinski definition) is 2. The van der Waals surface area contributed by atoms with Gasteiger partial charge in [-0.1, -0.05) is 13.8 Å². The molecule has 0 bridgehead atoms. The third-order valence-electron chi connectivity index (χ3n) is 2.85. The van der Waals surface area contributed by atoms with Gasteiger partial charge in [0.15, 0.2) is 0 Å². The van der Waals surface area contributed by atoms with Gasteiger partial charge in [0.05, 0.1) is 0 Å². The number of carbonyl (C=O) groups excluding carboxylic acids is 1. The van der Waals surface area contributed by atoms with Gasteiger partial charge in [-0.05, 0) is 32.9 Å². The minimum Gasteiger partial charge on any atom is -0.381 e. The SMILES string of the molecule is CCC(CC)(CNC(=O)C(C)(C)O)SC. The molecule has 0 spiro atoms. The molecule has 0 aromatic rings. The maximum atomic E-state index is 11.5. The number of aliphatic hydroxyl groups is 1. The second-order valence-electron chi connectivity index (χ2n) is 4.34. The molecule has 0 aromatic carbocycles. The zero-order chi connectivity index (χ0) is 12.1. The van der Waals surface area contributed by atoms with E-state index >= 15 is 0 Å². The molecular formula is C11H23NO2S. The summed E-state index contributed by atoms with van der Waals surface area (Å²) in [6.07, 6.45) is 4.08. The molecule has 0 aromatic heterocycles. The minimum atomic E-state index is -1.29. The topological polar surface area (TPSA) is 49.3 Å². The molecule has 0 aliphatic rings. The van der Waals surface area contributed by atoms with Crippen molar-refractivity contribution in [2.24, 2.45) is 0 Å². The third kappa shape index (κ3) is 4.43. The first-order valence-electron chi connectivity index (χ1n) is 5.37. The fourth-order valence-corrected chi connectivity index (χ4v) is 2.11. The largest absolute Gasteiger partial charge is 0.381 e. The maximum Gasteiger partial charge on any atom is 0.251 e. The number of amides is 1. The second kappa shape index (κ2) is 5.75. The molecule has 0 unspecified atom stereocenters. The van der Waals surface area contributed by atoms with Crippen molar-refractivity contribution in [3.63, 3.8) is 0 Å². The third-order valence-corrected chi connectivity index (χ3v) is 4.44. The number of carbonyl (C=O) groups is 1. The van der Waals surface area contributed by atoms with Gasteiger partial charge in [0.25, 0.3) is 5.91 Å². The molecule has 4 heteroatoms. The summed E-state index contributed by atoms with van der Waals surface area (Å²) in [4.78, 5) is 11.5. The zero-order valence-corrected chi connectivity index (χ0v) is 11.2. The molecule has 0 saturated carbocycles. The van der Waals surface area contributed by atoms with Crippen LogP contribution in [-0.4, -0.2) is 34.2 Å². The summed E-state index contributed by atoms with van der Waals surface area (Å²) in [5.74, 6) is -0.303. The van der Waals surface area contributed by atoms with Crippen molar-refractivity contribution < 1.29 is 9.90 Å². The van der Waals surface area contributed by atoms with Crippen molar-refractivity contribution in [2.75, 3.05) is 12.8 Å². The molecule has 0 heterocycles. The van der Waals surface area contributed by atoms with E-state index in [4.69, 9.17) is 0 Å². The molecule has 0 aliphatic carbocycles. The van der Waals surface area contributed by atoms with E-state index in [1.165, 1.54) is 13.8 Å². The Bertz CT molecular complexity index is 199. The van der Waals surface area contributed by atoms with Crippen molar-refractivity contribution in [1.82, 2.24) is 5.32 Å². The summed E-state index contributed by atoms with van der Waals surface area (Å²) in [6.45, 7) is 7.86. The Balaban J connectivity index is 4.29. The number of nitrogens with one attached hydrogen (secondary N) is 1. The highest BCUT2D eigenvalue weighted by atomic mass is 32.2. The summed E-state index contributed by atoms with van der Waals surface area (Å²) in [6, 6.07) is 0. The molecule has 0 radical (unpaired) electrons. The quantitative estimate of drug-likeness (QED) is 0.735. The van der Waals surface area contributed by atoms with Crippen LogP contribution in [0.2, 0.25) is 0 Å². The molecule has 2 N–H and O–H groups in total. The van der Waals surface area contributed by atoms with Crippen LogP contribution in [0.25, 0.3) is 0 Å². The Morgan fingerprint density at radius 1 is 1.33 bits per heavy atom. The normalized spacial score (nSPS) is 12.7. The number of hydrogen-bond acceptors (Lipinski definition) is 3. The van der Waals surface area contributed by atoms with Gasteiger partial charge >= 0.3 is 0 Å². The highest BCUT2D eigenvalue weighted by Gasteiger charge is 2.29. The minimum absolute atomic E-state index is 0.0981. The van der Waals surface area contributed by atoms with Crippen molar-refractivity contribution in [2.45, 2.75) is 50.9 Å². The van der Waals surface area contributed by atoms with E-state index in [1.807, 2.05) is 0 Å². The molecule has 90 valence electrons. The molecule has 0 aliphatic heterocycles. The molecule has 15 heavy (non-hydrogen) atoms. The van der Waals surface area contributed by atoms with Crippen molar-refractivity contribution in [1.29, 1.82) is 0 Å². The molecule has 3 nitrogen and oxygen atoms in total. The van der Waals surface area contributed by atoms with Gasteiger partial charge in [-0.3, -0.25) is 4.79 Å². The first-order chi connectivity index (χ1) is 6.81. The van der Waals surface area contributed by atoms with Gasteiger partial charge in [-0.2, -0.15) is 11.8 Å². The van der Waals surface area contributed by atoms with Gasteiger partial charge in [0.2, 0.25) is 0 Å². The van der Waals surface area contributed by atoms with Crippen molar-refractivity contribution in [3.05, 3.63) is 0 Å². The first-order valence-corrected chi connectivity index (χ1v) is 6.59. The highest BCUT2D eigenvalue weighted by Crippen LogP contribution is 2.29. The van der Waals surface area contributed by atoms with E-state index < -0.39 is 5.60 Å². The summed E-state index contributed by atoms with van der Waals surface area (Å²) in [5, 5.41) is 12.3. The summed E-state index contributed by atoms with van der Waals surface area (Å²) < 4.78 is 0.0981. The fraction of sp³-hybridized carbons (Fsp3) is 0.909. The fourth-order valence-electron chi connectivity index (χ4n) is 1.32. The molecule has 0 saturated heterocycles. The molecular weight excluding hydrogens is 210 g/mol. The van der Waals surface area contributed by atoms with E-state index in [1.54, 1.807) is 11.8 Å². The average Bonchev–Trinajstić information content (AvgIpc) is 2.19. The van der Waals surface area contributed by atoms with E-state index in [-0.39, 0.29) is 10.7 Å². The molecule has 0 fully saturated rings.